The van der Waals surface area contributed by atoms with Gasteiger partial charge in [0.2, 0.25) is 11.8 Å². The maximum Gasteiger partial charge on any atom is 0.407 e. The lowest BCUT2D eigenvalue weighted by Gasteiger charge is -2.28. The molecule has 60 heavy (non-hydrogen) atoms. The summed E-state index contributed by atoms with van der Waals surface area (Å²) in [7, 11) is 2.63. The summed E-state index contributed by atoms with van der Waals surface area (Å²) < 4.78 is 9.63. The number of fused-ring (bicyclic) bond motifs is 1. The smallest absolute Gasteiger partial charge is 0.407 e. The number of likely N-dealkylation sites (tertiary alicyclic amines) is 2. The molecule has 0 radical (unpaired) electrons. The minimum absolute atomic E-state index is 0.0768. The van der Waals surface area contributed by atoms with E-state index in [9.17, 15) is 19.2 Å². The molecule has 6 unspecified atom stereocenters. The van der Waals surface area contributed by atoms with Gasteiger partial charge < -0.3 is 39.9 Å². The SMILES string of the molecule is COC(=O)NC(C(=O)N1CC(C)CC1c1ncc(-c2ccc(-c3ccc4cc(-c5cnc(C6CC(C)CN6C(=O)C(NC(=O)OC)C6CC6)[nH]5)ccc4c3)cc2)[nH]1)C1CC1. The van der Waals surface area contributed by atoms with Gasteiger partial charge in [0.15, 0.2) is 0 Å². The van der Waals surface area contributed by atoms with Crippen LogP contribution in [0, 0.1) is 23.7 Å². The standard InChI is InChI=1S/C46H52N8O6/c1-25-17-37(53(23-25)43(55)39(29-9-10-29)51-45(57)59-3)41-47-21-35(49-41)28-7-5-27(6-8-28)31-13-14-33-20-34(16-15-32(33)19-31)36-22-48-42(50-36)38-18-26(2)24-54(38)44(56)40(30-11-12-30)52-46(58)60-4/h5-8,13-16,19-22,25-26,29-30,37-40H,9-12,17-18,23-24H2,1-4H3,(H,47,49)(H,48,50)(H,51,57)(H,52,58). The van der Waals surface area contributed by atoms with E-state index < -0.39 is 24.3 Å². The predicted molar refractivity (Wildman–Crippen MR) is 225 cm³/mol. The van der Waals surface area contributed by atoms with Crippen LogP contribution in [0.1, 0.15) is 76.1 Å². The molecule has 4 fully saturated rings. The summed E-state index contributed by atoms with van der Waals surface area (Å²) in [5.74, 6) is 2.22. The van der Waals surface area contributed by atoms with Crippen LogP contribution in [0.4, 0.5) is 9.59 Å². The number of carbonyl (C=O) groups excluding carboxylic acids is 4. The maximum atomic E-state index is 13.8. The number of ether oxygens (including phenoxy) is 2. The molecular formula is C46H52N8O6. The van der Waals surface area contributed by atoms with Gasteiger partial charge in [-0.15, -0.1) is 0 Å². The molecule has 2 saturated carbocycles. The number of rotatable bonds is 11. The number of hydrogen-bond donors (Lipinski definition) is 4. The Morgan fingerprint density at radius 3 is 1.50 bits per heavy atom. The second-order valence-corrected chi connectivity index (χ2v) is 17.3. The first-order chi connectivity index (χ1) is 29.1. The Balaban J connectivity index is 0.876. The summed E-state index contributed by atoms with van der Waals surface area (Å²) in [6.45, 7) is 5.50. The van der Waals surface area contributed by atoms with Gasteiger partial charge in [-0.25, -0.2) is 19.6 Å². The van der Waals surface area contributed by atoms with Gasteiger partial charge in [-0.3, -0.25) is 9.59 Å². The van der Waals surface area contributed by atoms with Crippen LogP contribution in [0.2, 0.25) is 0 Å². The number of hydrogen-bond acceptors (Lipinski definition) is 8. The zero-order valence-electron chi connectivity index (χ0n) is 34.4. The zero-order chi connectivity index (χ0) is 41.7. The van der Waals surface area contributed by atoms with E-state index in [1.54, 1.807) is 0 Å². The number of H-pyrrole nitrogens is 2. The molecule has 2 aliphatic carbocycles. The second-order valence-electron chi connectivity index (χ2n) is 17.3. The first-order valence-electron chi connectivity index (χ1n) is 21.1. The van der Waals surface area contributed by atoms with Gasteiger partial charge in [-0.1, -0.05) is 62.4 Å². The molecule has 14 heteroatoms. The van der Waals surface area contributed by atoms with Crippen molar-refractivity contribution in [3.63, 3.8) is 0 Å². The number of alkyl carbamates (subject to hydrolysis) is 2. The highest BCUT2D eigenvalue weighted by Gasteiger charge is 2.46. The Labute approximate surface area is 348 Å². The van der Waals surface area contributed by atoms with E-state index in [1.807, 2.05) is 22.2 Å². The Kier molecular flexibility index (Phi) is 10.6. The summed E-state index contributed by atoms with van der Waals surface area (Å²) in [6, 6.07) is 19.6. The zero-order valence-corrected chi connectivity index (χ0v) is 34.4. The van der Waals surface area contributed by atoms with Crippen LogP contribution < -0.4 is 10.6 Å². The van der Waals surface area contributed by atoms with Crippen LogP contribution in [0.25, 0.3) is 44.4 Å². The molecule has 312 valence electrons. The van der Waals surface area contributed by atoms with Crippen LogP contribution >= 0.6 is 0 Å². The molecule has 2 saturated heterocycles. The molecule has 6 atom stereocenters. The average molecular weight is 813 g/mol. The predicted octanol–water partition coefficient (Wildman–Crippen LogP) is 7.38. The van der Waals surface area contributed by atoms with Crippen molar-refractivity contribution in [2.45, 2.75) is 76.5 Å². The second kappa shape index (κ2) is 16.1. The average Bonchev–Trinajstić information content (AvgIpc) is 4.08. The third-order valence-corrected chi connectivity index (χ3v) is 12.7. The minimum atomic E-state index is -0.588. The van der Waals surface area contributed by atoms with Crippen molar-refractivity contribution in [2.24, 2.45) is 23.7 Å². The lowest BCUT2D eigenvalue weighted by Crippen LogP contribution is -2.49. The van der Waals surface area contributed by atoms with E-state index in [1.165, 1.54) is 14.2 Å². The van der Waals surface area contributed by atoms with Crippen LogP contribution in [0.5, 0.6) is 0 Å². The molecular weight excluding hydrogens is 761 g/mol. The number of methoxy groups -OCH3 is 2. The number of nitrogens with zero attached hydrogens (tertiary/aromatic N) is 4. The van der Waals surface area contributed by atoms with Crippen LogP contribution in [-0.2, 0) is 19.1 Å². The quantitative estimate of drug-likeness (QED) is 0.107. The molecule has 3 aromatic carbocycles. The van der Waals surface area contributed by atoms with E-state index in [2.05, 4.69) is 95.1 Å². The molecule has 4 N–H and O–H groups in total. The highest BCUT2D eigenvalue weighted by Crippen LogP contribution is 2.41. The van der Waals surface area contributed by atoms with Crippen molar-refractivity contribution in [3.8, 4) is 33.6 Å². The first-order valence-corrected chi connectivity index (χ1v) is 21.1. The van der Waals surface area contributed by atoms with Crippen LogP contribution in [-0.4, -0.2) is 93.1 Å². The number of carbonyl (C=O) groups is 4. The lowest BCUT2D eigenvalue weighted by atomic mass is 9.98. The minimum Gasteiger partial charge on any atom is -0.453 e. The Hall–Kier alpha value is -6.18. The van der Waals surface area contributed by atoms with Crippen molar-refractivity contribution in [2.75, 3.05) is 27.3 Å². The van der Waals surface area contributed by atoms with Crippen molar-refractivity contribution in [1.82, 2.24) is 40.4 Å². The molecule has 2 aliphatic heterocycles. The number of amides is 4. The van der Waals surface area contributed by atoms with Crippen molar-refractivity contribution in [3.05, 3.63) is 84.7 Å². The summed E-state index contributed by atoms with van der Waals surface area (Å²) in [6.07, 6.45) is 7.73. The molecule has 0 spiro atoms. The highest BCUT2D eigenvalue weighted by atomic mass is 16.5. The maximum absolute atomic E-state index is 13.8. The summed E-state index contributed by atoms with van der Waals surface area (Å²) in [5, 5.41) is 7.77. The fraction of sp³-hybridized carbons (Fsp3) is 0.435. The molecule has 0 bridgehead atoms. The summed E-state index contributed by atoms with van der Waals surface area (Å²) in [5.41, 5.74) is 5.94. The molecule has 2 aromatic heterocycles. The number of imidazole rings is 2. The van der Waals surface area contributed by atoms with Gasteiger partial charge in [-0.05, 0) is 102 Å². The third kappa shape index (κ3) is 7.94. The molecule has 4 heterocycles. The van der Waals surface area contributed by atoms with E-state index in [0.29, 0.717) is 24.9 Å². The Bertz CT molecular complexity index is 2420. The first kappa shape index (κ1) is 39.3. The Morgan fingerprint density at radius 2 is 1.03 bits per heavy atom. The van der Waals surface area contributed by atoms with E-state index >= 15 is 0 Å². The molecule has 5 aromatic rings. The van der Waals surface area contributed by atoms with Gasteiger partial charge in [0.25, 0.3) is 0 Å². The normalized spacial score (nSPS) is 22.4. The van der Waals surface area contributed by atoms with Crippen molar-refractivity contribution < 1.29 is 28.7 Å². The molecule has 9 rings (SSSR count). The summed E-state index contributed by atoms with van der Waals surface area (Å²) >= 11 is 0. The fourth-order valence-corrected chi connectivity index (χ4v) is 9.19. The highest BCUT2D eigenvalue weighted by molar-refractivity contribution is 5.91. The van der Waals surface area contributed by atoms with E-state index in [4.69, 9.17) is 19.4 Å². The van der Waals surface area contributed by atoms with Crippen molar-refractivity contribution >= 4 is 34.8 Å². The Morgan fingerprint density at radius 1 is 0.617 bits per heavy atom. The van der Waals surface area contributed by atoms with E-state index in [0.717, 1.165) is 94.6 Å². The van der Waals surface area contributed by atoms with Gasteiger partial charge >= 0.3 is 12.2 Å². The topological polar surface area (TPSA) is 175 Å². The van der Waals surface area contributed by atoms with Gasteiger partial charge in [0.05, 0.1) is 50.1 Å². The number of benzene rings is 3. The van der Waals surface area contributed by atoms with Crippen LogP contribution in [0.3, 0.4) is 0 Å². The third-order valence-electron chi connectivity index (χ3n) is 12.7. The van der Waals surface area contributed by atoms with Gasteiger partial charge in [-0.2, -0.15) is 0 Å². The fourth-order valence-electron chi connectivity index (χ4n) is 9.19. The molecule has 14 nitrogen and oxygen atoms in total. The lowest BCUT2D eigenvalue weighted by molar-refractivity contribution is -0.135. The van der Waals surface area contributed by atoms with Gasteiger partial charge in [0, 0.05) is 18.7 Å². The van der Waals surface area contributed by atoms with Crippen molar-refractivity contribution in [1.29, 1.82) is 0 Å². The number of aromatic amines is 2. The molecule has 4 aliphatic rings. The van der Waals surface area contributed by atoms with Crippen LogP contribution in [0.15, 0.2) is 73.1 Å². The largest absolute Gasteiger partial charge is 0.453 e. The number of nitrogens with one attached hydrogen (secondary N) is 4. The number of aromatic nitrogens is 4. The monoisotopic (exact) mass is 812 g/mol. The van der Waals surface area contributed by atoms with E-state index in [-0.39, 0.29) is 35.7 Å². The molecule has 4 amide bonds. The van der Waals surface area contributed by atoms with Gasteiger partial charge in [0.1, 0.15) is 23.7 Å². The summed E-state index contributed by atoms with van der Waals surface area (Å²) in [4.78, 5) is 71.9.